The fraction of sp³-hybridized carbons (Fsp3) is 0.462. The van der Waals surface area contributed by atoms with Crippen LogP contribution in [0.1, 0.15) is 19.4 Å². The van der Waals surface area contributed by atoms with Crippen LogP contribution in [0.3, 0.4) is 0 Å². The highest BCUT2D eigenvalue weighted by atomic mass is 35.5. The highest BCUT2D eigenvalue weighted by Crippen LogP contribution is 2.29. The third-order valence-electron chi connectivity index (χ3n) is 2.31. The molecule has 0 unspecified atom stereocenters. The van der Waals surface area contributed by atoms with E-state index in [0.29, 0.717) is 28.7 Å². The Labute approximate surface area is 117 Å². The van der Waals surface area contributed by atoms with Gasteiger partial charge in [0.25, 0.3) is 0 Å². The van der Waals surface area contributed by atoms with E-state index in [-0.39, 0.29) is 0 Å². The first kappa shape index (κ1) is 15.4. The lowest BCUT2D eigenvalue weighted by Crippen LogP contribution is -2.33. The van der Waals surface area contributed by atoms with E-state index in [9.17, 15) is 4.39 Å². The topological polar surface area (TPSA) is 16.1 Å². The Kier molecular flexibility index (Phi) is 5.14. The molecule has 0 saturated carbocycles. The van der Waals surface area contributed by atoms with Crippen LogP contribution in [-0.4, -0.2) is 35.7 Å². The van der Waals surface area contributed by atoms with Gasteiger partial charge < -0.3 is 0 Å². The third kappa shape index (κ3) is 4.56. The predicted molar refractivity (Wildman–Crippen MR) is 76.0 cm³/mol. The summed E-state index contributed by atoms with van der Waals surface area (Å²) in [5, 5.41) is 0.917. The number of rotatable bonds is 5. The Balaban J connectivity index is 2.77. The highest BCUT2D eigenvalue weighted by Gasteiger charge is 2.19. The zero-order valence-electron chi connectivity index (χ0n) is 10.8. The van der Waals surface area contributed by atoms with E-state index in [1.807, 2.05) is 11.9 Å². The number of nitrogens with zero attached hydrogens (tertiary/aromatic N) is 2. The molecule has 0 aromatic carbocycles. The second-order valence-electron chi connectivity index (χ2n) is 4.97. The molecule has 1 aromatic rings. The van der Waals surface area contributed by atoms with Gasteiger partial charge in [0.2, 0.25) is 0 Å². The largest absolute Gasteiger partial charge is 0.299 e. The summed E-state index contributed by atoms with van der Waals surface area (Å²) in [6.07, 6.45) is 3.04. The van der Waals surface area contributed by atoms with E-state index in [2.05, 4.69) is 11.6 Å². The molecule has 1 heterocycles. The van der Waals surface area contributed by atoms with Crippen LogP contribution in [0.25, 0.3) is 5.57 Å². The lowest BCUT2D eigenvalue weighted by Gasteiger charge is -2.24. The summed E-state index contributed by atoms with van der Waals surface area (Å²) >= 11 is 12.1. The van der Waals surface area contributed by atoms with Gasteiger partial charge in [0, 0.05) is 31.0 Å². The van der Waals surface area contributed by atoms with Crippen molar-refractivity contribution in [1.29, 1.82) is 0 Å². The third-order valence-corrected chi connectivity index (χ3v) is 2.89. The maximum atomic E-state index is 13.5. The van der Waals surface area contributed by atoms with E-state index in [0.717, 1.165) is 5.57 Å². The predicted octanol–water partition coefficient (Wildman–Crippen LogP) is 4.08. The Bertz CT molecular complexity index is 421. The van der Waals surface area contributed by atoms with Crippen LogP contribution < -0.4 is 0 Å². The molecule has 18 heavy (non-hydrogen) atoms. The summed E-state index contributed by atoms with van der Waals surface area (Å²) in [7, 11) is 1.83. The van der Waals surface area contributed by atoms with Crippen molar-refractivity contribution >= 4 is 28.8 Å². The average molecular weight is 291 g/mol. The van der Waals surface area contributed by atoms with Crippen molar-refractivity contribution in [3.63, 3.8) is 0 Å². The zero-order valence-corrected chi connectivity index (χ0v) is 12.3. The van der Waals surface area contributed by atoms with Crippen LogP contribution in [0.5, 0.6) is 0 Å². The van der Waals surface area contributed by atoms with Crippen LogP contribution in [0.4, 0.5) is 4.39 Å². The lowest BCUT2D eigenvalue weighted by atomic mass is 10.1. The van der Waals surface area contributed by atoms with Gasteiger partial charge >= 0.3 is 0 Å². The van der Waals surface area contributed by atoms with Gasteiger partial charge in [-0.25, -0.2) is 4.39 Å². The van der Waals surface area contributed by atoms with Crippen molar-refractivity contribution in [2.24, 2.45) is 0 Å². The maximum absolute atomic E-state index is 13.5. The van der Waals surface area contributed by atoms with E-state index >= 15 is 0 Å². The Hall–Kier alpha value is -0.640. The van der Waals surface area contributed by atoms with Crippen molar-refractivity contribution in [2.45, 2.75) is 19.5 Å². The van der Waals surface area contributed by atoms with Gasteiger partial charge in [-0.3, -0.25) is 9.88 Å². The van der Waals surface area contributed by atoms with Gasteiger partial charge in [0.05, 0.1) is 10.0 Å². The minimum absolute atomic E-state index is 0.312. The normalized spacial score (nSPS) is 11.9. The molecule has 0 aliphatic rings. The molecular formula is C13H17Cl2FN2. The van der Waals surface area contributed by atoms with Gasteiger partial charge in [0.15, 0.2) is 0 Å². The minimum Gasteiger partial charge on any atom is -0.299 e. The number of hydrogen-bond donors (Lipinski definition) is 0. The van der Waals surface area contributed by atoms with Gasteiger partial charge in [-0.05, 0) is 26.5 Å². The van der Waals surface area contributed by atoms with Crippen molar-refractivity contribution in [3.05, 3.63) is 34.6 Å². The molecule has 0 fully saturated rings. The highest BCUT2D eigenvalue weighted by molar-refractivity contribution is 6.37. The monoisotopic (exact) mass is 290 g/mol. The van der Waals surface area contributed by atoms with Crippen molar-refractivity contribution in [2.75, 3.05) is 20.1 Å². The molecule has 0 amide bonds. The first-order valence-corrected chi connectivity index (χ1v) is 6.31. The van der Waals surface area contributed by atoms with Crippen LogP contribution in [0, 0.1) is 0 Å². The van der Waals surface area contributed by atoms with Crippen LogP contribution in [0.2, 0.25) is 10.0 Å². The first-order valence-electron chi connectivity index (χ1n) is 5.55. The molecule has 0 radical (unpaired) electrons. The molecule has 0 atom stereocenters. The zero-order chi connectivity index (χ0) is 13.9. The van der Waals surface area contributed by atoms with E-state index < -0.39 is 5.67 Å². The molecule has 0 aliphatic heterocycles. The van der Waals surface area contributed by atoms with E-state index in [4.69, 9.17) is 23.2 Å². The van der Waals surface area contributed by atoms with E-state index in [1.165, 1.54) is 12.4 Å². The summed E-state index contributed by atoms with van der Waals surface area (Å²) in [4.78, 5) is 5.73. The quantitative estimate of drug-likeness (QED) is 0.812. The van der Waals surface area contributed by atoms with Gasteiger partial charge in [-0.15, -0.1) is 0 Å². The molecule has 5 heteroatoms. The molecule has 100 valence electrons. The van der Waals surface area contributed by atoms with Crippen LogP contribution >= 0.6 is 23.2 Å². The Morgan fingerprint density at radius 3 is 2.33 bits per heavy atom. The average Bonchev–Trinajstić information content (AvgIpc) is 2.13. The van der Waals surface area contributed by atoms with Gasteiger partial charge in [-0.2, -0.15) is 0 Å². The molecule has 0 N–H and O–H groups in total. The standard InChI is InChI=1S/C13H17Cl2FN2/c1-9(7-18(4)8-13(2,3)16)12-10(14)5-17-6-11(12)15/h5-6H,1,7-8H2,2-4H3. The Morgan fingerprint density at radius 2 is 1.89 bits per heavy atom. The second-order valence-corrected chi connectivity index (χ2v) is 5.79. The second kappa shape index (κ2) is 6.00. The van der Waals surface area contributed by atoms with Crippen molar-refractivity contribution < 1.29 is 4.39 Å². The number of halogens is 3. The first-order chi connectivity index (χ1) is 8.20. The fourth-order valence-corrected chi connectivity index (χ4v) is 2.48. The summed E-state index contributed by atoms with van der Waals surface area (Å²) in [5.74, 6) is 0. The molecule has 0 bridgehead atoms. The minimum atomic E-state index is -1.25. The molecule has 0 aliphatic carbocycles. The SMILES string of the molecule is C=C(CN(C)CC(C)(C)F)c1c(Cl)cncc1Cl. The van der Waals surface area contributed by atoms with Gasteiger partial charge in [0.1, 0.15) is 5.67 Å². The molecule has 0 saturated heterocycles. The molecule has 1 aromatic heterocycles. The van der Waals surface area contributed by atoms with E-state index in [1.54, 1.807) is 13.8 Å². The van der Waals surface area contributed by atoms with Crippen LogP contribution in [-0.2, 0) is 0 Å². The number of pyridine rings is 1. The lowest BCUT2D eigenvalue weighted by molar-refractivity contribution is 0.152. The van der Waals surface area contributed by atoms with Gasteiger partial charge in [-0.1, -0.05) is 29.8 Å². The smallest absolute Gasteiger partial charge is 0.118 e. The molecular weight excluding hydrogens is 274 g/mol. The molecule has 1 rings (SSSR count). The van der Waals surface area contributed by atoms with Crippen LogP contribution in [0.15, 0.2) is 19.0 Å². The van der Waals surface area contributed by atoms with Crippen molar-refractivity contribution in [1.82, 2.24) is 9.88 Å². The summed E-state index contributed by atoms with van der Waals surface area (Å²) in [6.45, 7) is 7.85. The number of hydrogen-bond acceptors (Lipinski definition) is 2. The fourth-order valence-electron chi connectivity index (χ4n) is 1.85. The molecule has 2 nitrogen and oxygen atoms in total. The van der Waals surface area contributed by atoms with Crippen molar-refractivity contribution in [3.8, 4) is 0 Å². The Morgan fingerprint density at radius 1 is 1.39 bits per heavy atom. The number of likely N-dealkylation sites (N-methyl/N-ethyl adjacent to an activating group) is 1. The maximum Gasteiger partial charge on any atom is 0.118 e. The number of aromatic nitrogens is 1. The summed E-state index contributed by atoms with van der Waals surface area (Å²) < 4.78 is 13.5. The number of alkyl halides is 1. The summed E-state index contributed by atoms with van der Waals surface area (Å²) in [5.41, 5.74) is 0.178. The summed E-state index contributed by atoms with van der Waals surface area (Å²) in [6, 6.07) is 0. The molecule has 0 spiro atoms.